The van der Waals surface area contributed by atoms with E-state index in [-0.39, 0.29) is 0 Å². The molecule has 5 nitrogen and oxygen atoms in total. The van der Waals surface area contributed by atoms with Gasteiger partial charge in [0.05, 0.1) is 30.0 Å². The van der Waals surface area contributed by atoms with Crippen LogP contribution in [0.1, 0.15) is 5.56 Å². The van der Waals surface area contributed by atoms with E-state index < -0.39 is 0 Å². The van der Waals surface area contributed by atoms with Gasteiger partial charge in [-0.15, -0.1) is 0 Å². The lowest BCUT2D eigenvalue weighted by Crippen LogP contribution is -1.91. The third-order valence-electron chi connectivity index (χ3n) is 2.99. The lowest BCUT2D eigenvalue weighted by atomic mass is 10.2. The summed E-state index contributed by atoms with van der Waals surface area (Å²) >= 11 is 0. The van der Waals surface area contributed by atoms with E-state index in [0.717, 1.165) is 28.0 Å². The van der Waals surface area contributed by atoms with Crippen LogP contribution >= 0.6 is 0 Å². The Labute approximate surface area is 122 Å². The molecule has 0 spiro atoms. The zero-order valence-corrected chi connectivity index (χ0v) is 11.5. The smallest absolute Gasteiger partial charge is 0.119 e. The van der Waals surface area contributed by atoms with Gasteiger partial charge in [-0.1, -0.05) is 6.07 Å². The Kier molecular flexibility index (Phi) is 3.73. The molecule has 3 aromatic rings. The van der Waals surface area contributed by atoms with Crippen molar-refractivity contribution in [2.45, 2.75) is 0 Å². The fourth-order valence-electron chi connectivity index (χ4n) is 1.91. The van der Waals surface area contributed by atoms with Crippen molar-refractivity contribution in [3.8, 4) is 5.75 Å². The van der Waals surface area contributed by atoms with E-state index in [9.17, 15) is 0 Å². The van der Waals surface area contributed by atoms with E-state index in [2.05, 4.69) is 20.5 Å². The predicted molar refractivity (Wildman–Crippen MR) is 83.7 cm³/mol. The summed E-state index contributed by atoms with van der Waals surface area (Å²) < 4.78 is 5.10. The molecule has 0 aliphatic carbocycles. The van der Waals surface area contributed by atoms with Crippen LogP contribution in [-0.4, -0.2) is 23.3 Å². The van der Waals surface area contributed by atoms with Crippen LogP contribution in [0.2, 0.25) is 0 Å². The summed E-state index contributed by atoms with van der Waals surface area (Å²) in [4.78, 5) is 8.50. The van der Waals surface area contributed by atoms with Crippen molar-refractivity contribution in [2.75, 3.05) is 12.5 Å². The molecule has 0 saturated carbocycles. The summed E-state index contributed by atoms with van der Waals surface area (Å²) in [5.41, 5.74) is 6.55. The van der Waals surface area contributed by atoms with Crippen molar-refractivity contribution in [1.29, 1.82) is 0 Å². The highest BCUT2D eigenvalue weighted by Gasteiger charge is 1.96. The van der Waals surface area contributed by atoms with Crippen molar-refractivity contribution < 1.29 is 4.74 Å². The van der Waals surface area contributed by atoms with Crippen molar-refractivity contribution in [1.82, 2.24) is 9.97 Å². The summed E-state index contributed by atoms with van der Waals surface area (Å²) in [6.07, 6.45) is 5.11. The number of hydrazone groups is 1. The first-order chi connectivity index (χ1) is 10.3. The lowest BCUT2D eigenvalue weighted by Gasteiger charge is -2.02. The van der Waals surface area contributed by atoms with Gasteiger partial charge in [0.1, 0.15) is 5.75 Å². The fourth-order valence-corrected chi connectivity index (χ4v) is 1.91. The lowest BCUT2D eigenvalue weighted by molar-refractivity contribution is 0.415. The van der Waals surface area contributed by atoms with Crippen LogP contribution in [-0.2, 0) is 0 Å². The number of hydrogen-bond acceptors (Lipinski definition) is 5. The third-order valence-corrected chi connectivity index (χ3v) is 2.99. The number of fused-ring (bicyclic) bond motifs is 1. The Hall–Kier alpha value is -2.95. The monoisotopic (exact) mass is 278 g/mol. The molecule has 1 heterocycles. The Morgan fingerprint density at radius 1 is 1.00 bits per heavy atom. The van der Waals surface area contributed by atoms with Crippen molar-refractivity contribution >= 4 is 22.9 Å². The zero-order chi connectivity index (χ0) is 14.5. The number of anilines is 1. The second-order valence-electron chi connectivity index (χ2n) is 4.40. The first-order valence-corrected chi connectivity index (χ1v) is 6.49. The Morgan fingerprint density at radius 3 is 2.52 bits per heavy atom. The summed E-state index contributed by atoms with van der Waals surface area (Å²) in [5, 5.41) is 4.21. The average Bonchev–Trinajstić information content (AvgIpc) is 2.55. The van der Waals surface area contributed by atoms with Crippen molar-refractivity contribution in [2.24, 2.45) is 5.10 Å². The number of rotatable bonds is 4. The molecule has 0 atom stereocenters. The van der Waals surface area contributed by atoms with E-state index >= 15 is 0 Å². The van der Waals surface area contributed by atoms with Crippen LogP contribution in [0.15, 0.2) is 60.0 Å². The maximum absolute atomic E-state index is 5.10. The molecule has 0 bridgehead atoms. The summed E-state index contributed by atoms with van der Waals surface area (Å²) in [6.45, 7) is 0. The highest BCUT2D eigenvalue weighted by Crippen LogP contribution is 2.15. The number of aromatic nitrogens is 2. The number of methoxy groups -OCH3 is 1. The molecule has 1 N–H and O–H groups in total. The maximum atomic E-state index is 5.10. The molecule has 0 aliphatic rings. The van der Waals surface area contributed by atoms with Gasteiger partial charge >= 0.3 is 0 Å². The maximum Gasteiger partial charge on any atom is 0.119 e. The summed E-state index contributed by atoms with van der Waals surface area (Å²) in [6, 6.07) is 13.4. The molecule has 5 heteroatoms. The molecule has 0 radical (unpaired) electrons. The van der Waals surface area contributed by atoms with Gasteiger partial charge in [0.25, 0.3) is 0 Å². The minimum absolute atomic E-state index is 0.817. The van der Waals surface area contributed by atoms with Crippen LogP contribution in [0.5, 0.6) is 5.75 Å². The van der Waals surface area contributed by atoms with Crippen molar-refractivity contribution in [3.63, 3.8) is 0 Å². The molecule has 21 heavy (non-hydrogen) atoms. The standard InChI is InChI=1S/C16H14N4O/c1-21-14-5-3-13(4-6-14)20-19-11-12-2-7-15-16(10-12)18-9-8-17-15/h2-11,20H,1H3. The van der Waals surface area contributed by atoms with Crippen LogP contribution in [0, 0.1) is 0 Å². The van der Waals surface area contributed by atoms with E-state index in [1.165, 1.54) is 0 Å². The van der Waals surface area contributed by atoms with Gasteiger partial charge in [0.2, 0.25) is 0 Å². The van der Waals surface area contributed by atoms with Gasteiger partial charge in [-0.25, -0.2) is 0 Å². The molecule has 0 fully saturated rings. The van der Waals surface area contributed by atoms with Gasteiger partial charge in [-0.3, -0.25) is 15.4 Å². The van der Waals surface area contributed by atoms with E-state index in [1.54, 1.807) is 25.7 Å². The van der Waals surface area contributed by atoms with Crippen molar-refractivity contribution in [3.05, 3.63) is 60.4 Å². The van der Waals surface area contributed by atoms with E-state index in [4.69, 9.17) is 4.74 Å². The van der Waals surface area contributed by atoms with Crippen LogP contribution < -0.4 is 10.2 Å². The molecule has 0 aliphatic heterocycles. The van der Waals surface area contributed by atoms with E-state index in [1.807, 2.05) is 42.5 Å². The second-order valence-corrected chi connectivity index (χ2v) is 4.40. The van der Waals surface area contributed by atoms with Gasteiger partial charge in [0.15, 0.2) is 0 Å². The topological polar surface area (TPSA) is 59.4 Å². The summed E-state index contributed by atoms with van der Waals surface area (Å²) in [7, 11) is 1.64. The predicted octanol–water partition coefficient (Wildman–Crippen LogP) is 3.08. The van der Waals surface area contributed by atoms with Crippen LogP contribution in [0.3, 0.4) is 0 Å². The van der Waals surface area contributed by atoms with Crippen LogP contribution in [0.25, 0.3) is 11.0 Å². The van der Waals surface area contributed by atoms with Gasteiger partial charge in [-0.05, 0) is 42.0 Å². The largest absolute Gasteiger partial charge is 0.497 e. The quantitative estimate of drug-likeness (QED) is 0.588. The fraction of sp³-hybridized carbons (Fsp3) is 0.0625. The van der Waals surface area contributed by atoms with Crippen LogP contribution in [0.4, 0.5) is 5.69 Å². The average molecular weight is 278 g/mol. The minimum Gasteiger partial charge on any atom is -0.497 e. The van der Waals surface area contributed by atoms with Gasteiger partial charge in [0, 0.05) is 12.4 Å². The highest BCUT2D eigenvalue weighted by molar-refractivity contribution is 5.86. The SMILES string of the molecule is COc1ccc(NN=Cc2ccc3nccnc3c2)cc1. The number of benzene rings is 2. The molecule has 3 rings (SSSR count). The molecule has 0 unspecified atom stereocenters. The molecule has 2 aromatic carbocycles. The molecule has 104 valence electrons. The molecule has 1 aromatic heterocycles. The number of nitrogens with one attached hydrogen (secondary N) is 1. The van der Waals surface area contributed by atoms with Gasteiger partial charge in [-0.2, -0.15) is 5.10 Å². The summed E-state index contributed by atoms with van der Waals surface area (Å²) in [5.74, 6) is 0.817. The Bertz CT molecular complexity index is 769. The number of nitrogens with zero attached hydrogens (tertiary/aromatic N) is 3. The molecule has 0 amide bonds. The number of hydrogen-bond donors (Lipinski definition) is 1. The Balaban J connectivity index is 1.71. The second kappa shape index (κ2) is 6.00. The molecule has 0 saturated heterocycles. The normalized spacial score (nSPS) is 10.9. The molecular formula is C16H14N4O. The van der Waals surface area contributed by atoms with Gasteiger partial charge < -0.3 is 4.74 Å². The first-order valence-electron chi connectivity index (χ1n) is 6.49. The third kappa shape index (κ3) is 3.14. The Morgan fingerprint density at radius 2 is 1.76 bits per heavy atom. The highest BCUT2D eigenvalue weighted by atomic mass is 16.5. The first kappa shape index (κ1) is 13.1. The number of ether oxygens (including phenoxy) is 1. The zero-order valence-electron chi connectivity index (χ0n) is 11.5. The minimum atomic E-state index is 0.817. The van der Waals surface area contributed by atoms with E-state index in [0.29, 0.717) is 0 Å². The molecular weight excluding hydrogens is 264 g/mol.